The van der Waals surface area contributed by atoms with E-state index in [1.165, 1.54) is 5.56 Å². The number of allylic oxidation sites excluding steroid dienone is 6. The number of benzene rings is 1. The third-order valence-electron chi connectivity index (χ3n) is 2.24. The van der Waals surface area contributed by atoms with Gasteiger partial charge >= 0.3 is 0 Å². The standard InChI is InChI=1S/C17H22Si/c1-18(2,3)16-12-7-5-4-6-9-13-17-14-10-8-11-15-17/h4-16H,1-3H3/b6-4+,7-5+,13-9+,16-12+. The second-order valence-corrected chi connectivity index (χ2v) is 10.3. The van der Waals surface area contributed by atoms with Gasteiger partial charge in [0.25, 0.3) is 0 Å². The zero-order valence-corrected chi connectivity index (χ0v) is 12.5. The first-order valence-corrected chi connectivity index (χ1v) is 9.90. The smallest absolute Gasteiger partial charge is 0.0687 e. The average Bonchev–Trinajstić information content (AvgIpc) is 2.32. The Morgan fingerprint density at radius 2 is 1.28 bits per heavy atom. The molecular weight excluding hydrogens is 232 g/mol. The van der Waals surface area contributed by atoms with E-state index in [0.717, 1.165) is 0 Å². The highest BCUT2D eigenvalue weighted by molar-refractivity contribution is 6.80. The zero-order chi connectivity index (χ0) is 13.3. The second kappa shape index (κ2) is 7.67. The summed E-state index contributed by atoms with van der Waals surface area (Å²) in [6.45, 7) is 6.99. The molecule has 0 radical (unpaired) electrons. The number of rotatable bonds is 5. The van der Waals surface area contributed by atoms with Crippen molar-refractivity contribution in [1.29, 1.82) is 0 Å². The molecule has 0 unspecified atom stereocenters. The molecule has 18 heavy (non-hydrogen) atoms. The van der Waals surface area contributed by atoms with Gasteiger partial charge in [0, 0.05) is 0 Å². The lowest BCUT2D eigenvalue weighted by Gasteiger charge is -2.06. The molecule has 0 aliphatic heterocycles. The first-order valence-electron chi connectivity index (χ1n) is 6.32. The molecular formula is C17H22Si. The lowest BCUT2D eigenvalue weighted by Crippen LogP contribution is -2.14. The van der Waals surface area contributed by atoms with Crippen LogP contribution in [0, 0.1) is 0 Å². The highest BCUT2D eigenvalue weighted by atomic mass is 28.3. The molecule has 0 bridgehead atoms. The summed E-state index contributed by atoms with van der Waals surface area (Å²) >= 11 is 0. The van der Waals surface area contributed by atoms with Crippen LogP contribution < -0.4 is 0 Å². The van der Waals surface area contributed by atoms with Crippen LogP contribution in [0.3, 0.4) is 0 Å². The van der Waals surface area contributed by atoms with Crippen molar-refractivity contribution in [2.75, 3.05) is 0 Å². The van der Waals surface area contributed by atoms with Crippen LogP contribution in [-0.2, 0) is 0 Å². The maximum absolute atomic E-state index is 2.33. The predicted molar refractivity (Wildman–Crippen MR) is 86.2 cm³/mol. The van der Waals surface area contributed by atoms with E-state index in [0.29, 0.717) is 0 Å². The molecule has 94 valence electrons. The van der Waals surface area contributed by atoms with Crippen LogP contribution >= 0.6 is 0 Å². The molecule has 0 aromatic heterocycles. The Labute approximate surface area is 112 Å². The Balaban J connectivity index is 2.36. The fraction of sp³-hybridized carbons (Fsp3) is 0.176. The third-order valence-corrected chi connectivity index (χ3v) is 3.43. The van der Waals surface area contributed by atoms with Crippen molar-refractivity contribution in [2.45, 2.75) is 19.6 Å². The van der Waals surface area contributed by atoms with E-state index in [9.17, 15) is 0 Å². The molecule has 1 rings (SSSR count). The van der Waals surface area contributed by atoms with Crippen molar-refractivity contribution in [3.05, 3.63) is 78.1 Å². The van der Waals surface area contributed by atoms with Gasteiger partial charge in [0.15, 0.2) is 0 Å². The fourth-order valence-electron chi connectivity index (χ4n) is 1.33. The maximum atomic E-state index is 2.33. The van der Waals surface area contributed by atoms with Crippen LogP contribution in [0.5, 0.6) is 0 Å². The SMILES string of the molecule is C[Si](C)(C)/C=C/C=C/C=C/C=C/c1ccccc1. The topological polar surface area (TPSA) is 0 Å². The molecule has 0 saturated carbocycles. The summed E-state index contributed by atoms with van der Waals surface area (Å²) < 4.78 is 0. The minimum atomic E-state index is -1.05. The normalized spacial score (nSPS) is 13.5. The van der Waals surface area contributed by atoms with Gasteiger partial charge in [0.05, 0.1) is 8.07 Å². The van der Waals surface area contributed by atoms with Crippen LogP contribution in [0.1, 0.15) is 5.56 Å². The fourth-order valence-corrected chi connectivity index (χ4v) is 2.02. The highest BCUT2D eigenvalue weighted by Gasteiger charge is 2.05. The Kier molecular flexibility index (Phi) is 6.16. The molecule has 1 heteroatoms. The van der Waals surface area contributed by atoms with E-state index in [4.69, 9.17) is 0 Å². The van der Waals surface area contributed by atoms with Gasteiger partial charge in [-0.25, -0.2) is 0 Å². The van der Waals surface area contributed by atoms with Gasteiger partial charge in [-0.05, 0) is 5.56 Å². The molecule has 0 amide bonds. The van der Waals surface area contributed by atoms with Gasteiger partial charge in [0.2, 0.25) is 0 Å². The van der Waals surface area contributed by atoms with Crippen molar-refractivity contribution in [3.63, 3.8) is 0 Å². The van der Waals surface area contributed by atoms with Gasteiger partial charge in [-0.3, -0.25) is 0 Å². The van der Waals surface area contributed by atoms with Gasteiger partial charge in [-0.2, -0.15) is 0 Å². The molecule has 0 fully saturated rings. The van der Waals surface area contributed by atoms with Crippen molar-refractivity contribution >= 4 is 14.1 Å². The van der Waals surface area contributed by atoms with Gasteiger partial charge in [-0.15, -0.1) is 0 Å². The third kappa shape index (κ3) is 7.63. The van der Waals surface area contributed by atoms with Crippen LogP contribution in [0.15, 0.2) is 72.5 Å². The lowest BCUT2D eigenvalue weighted by molar-refractivity contribution is 1.66. The first kappa shape index (κ1) is 14.5. The molecule has 0 aliphatic carbocycles. The molecule has 0 saturated heterocycles. The molecule has 0 N–H and O–H groups in total. The average molecular weight is 254 g/mol. The van der Waals surface area contributed by atoms with Gasteiger partial charge in [-0.1, -0.05) is 98.2 Å². The van der Waals surface area contributed by atoms with Crippen molar-refractivity contribution in [3.8, 4) is 0 Å². The summed E-state index contributed by atoms with van der Waals surface area (Å²) in [6, 6.07) is 10.3. The van der Waals surface area contributed by atoms with E-state index < -0.39 is 8.07 Å². The van der Waals surface area contributed by atoms with E-state index in [1.807, 2.05) is 30.4 Å². The summed E-state index contributed by atoms with van der Waals surface area (Å²) in [5.41, 5.74) is 3.56. The Hall–Kier alpha value is -1.60. The molecule has 0 atom stereocenters. The zero-order valence-electron chi connectivity index (χ0n) is 11.5. The first-order chi connectivity index (χ1) is 8.58. The van der Waals surface area contributed by atoms with Crippen LogP contribution in [0.25, 0.3) is 6.08 Å². The molecule has 0 spiro atoms. The second-order valence-electron chi connectivity index (χ2n) is 5.26. The maximum Gasteiger partial charge on any atom is 0.0687 e. The summed E-state index contributed by atoms with van der Waals surface area (Å²) in [6.07, 6.45) is 14.6. The quantitative estimate of drug-likeness (QED) is 0.497. The van der Waals surface area contributed by atoms with E-state index in [-0.39, 0.29) is 0 Å². The largest absolute Gasteiger partial charge is 0.0950 e. The van der Waals surface area contributed by atoms with Crippen LogP contribution in [0.4, 0.5) is 0 Å². The molecule has 0 aliphatic rings. The molecule has 0 heterocycles. The van der Waals surface area contributed by atoms with Crippen molar-refractivity contribution in [1.82, 2.24) is 0 Å². The lowest BCUT2D eigenvalue weighted by atomic mass is 10.2. The summed E-state index contributed by atoms with van der Waals surface area (Å²) in [4.78, 5) is 0. The molecule has 1 aromatic rings. The summed E-state index contributed by atoms with van der Waals surface area (Å²) in [5.74, 6) is 0. The molecule has 1 aromatic carbocycles. The number of hydrogen-bond donors (Lipinski definition) is 0. The van der Waals surface area contributed by atoms with Gasteiger partial charge in [0.1, 0.15) is 0 Å². The molecule has 0 nitrogen and oxygen atoms in total. The van der Waals surface area contributed by atoms with Crippen molar-refractivity contribution in [2.24, 2.45) is 0 Å². The summed E-state index contributed by atoms with van der Waals surface area (Å²) in [7, 11) is -1.05. The van der Waals surface area contributed by atoms with E-state index >= 15 is 0 Å². The predicted octanol–water partition coefficient (Wildman–Crippen LogP) is 5.25. The van der Waals surface area contributed by atoms with Gasteiger partial charge < -0.3 is 0 Å². The highest BCUT2D eigenvalue weighted by Crippen LogP contribution is 2.02. The Bertz CT molecular complexity index is 442. The Morgan fingerprint density at radius 1 is 0.722 bits per heavy atom. The van der Waals surface area contributed by atoms with Crippen molar-refractivity contribution < 1.29 is 0 Å². The monoisotopic (exact) mass is 254 g/mol. The van der Waals surface area contributed by atoms with Crippen LogP contribution in [0.2, 0.25) is 19.6 Å². The van der Waals surface area contributed by atoms with E-state index in [1.54, 1.807) is 0 Å². The minimum Gasteiger partial charge on any atom is -0.0950 e. The minimum absolute atomic E-state index is 1.05. The number of hydrogen-bond acceptors (Lipinski definition) is 0. The Morgan fingerprint density at radius 3 is 1.89 bits per heavy atom. The summed E-state index contributed by atoms with van der Waals surface area (Å²) in [5, 5.41) is 0. The van der Waals surface area contributed by atoms with Crippen LogP contribution in [-0.4, -0.2) is 8.07 Å². The van der Waals surface area contributed by atoms with E-state index in [2.05, 4.69) is 67.9 Å².